The van der Waals surface area contributed by atoms with E-state index in [0.717, 1.165) is 30.4 Å². The zero-order valence-electron chi connectivity index (χ0n) is 27.5. The predicted molar refractivity (Wildman–Crippen MR) is 171 cm³/mol. The quantitative estimate of drug-likeness (QED) is 0.196. The molecule has 9 nitrogen and oxygen atoms in total. The lowest BCUT2D eigenvalue weighted by Crippen LogP contribution is -2.69. The molecule has 258 valence electrons. The molecule has 4 aliphatic carbocycles. The highest BCUT2D eigenvalue weighted by Gasteiger charge is 2.71. The lowest BCUT2D eigenvalue weighted by atomic mass is 9.41. The number of hydrogen-bond acceptors (Lipinski definition) is 9. The molecule has 1 saturated heterocycles. The van der Waals surface area contributed by atoms with Gasteiger partial charge in [0.25, 0.3) is 0 Å². The summed E-state index contributed by atoms with van der Waals surface area (Å²) in [4.78, 5) is 16.9. The summed E-state index contributed by atoms with van der Waals surface area (Å²) < 4.78 is 31.0. The van der Waals surface area contributed by atoms with Crippen LogP contribution in [0.5, 0.6) is 0 Å². The fourth-order valence-electron chi connectivity index (χ4n) is 10.9. The highest BCUT2D eigenvalue weighted by Crippen LogP contribution is 2.70. The minimum Gasteiger partial charge on any atom is -0.458 e. The average Bonchev–Trinajstić information content (AvgIpc) is 3.58. The predicted octanol–water partition coefficient (Wildman–Crippen LogP) is 4.03. The molecule has 12 atom stereocenters. The number of fused-ring (bicyclic) bond motifs is 5. The van der Waals surface area contributed by atoms with Gasteiger partial charge < -0.3 is 34.6 Å². The zero-order valence-corrected chi connectivity index (χ0v) is 27.5. The number of nitrogens with zero attached hydrogens (tertiary/aromatic N) is 1. The van der Waals surface area contributed by atoms with Crippen molar-refractivity contribution >= 4 is 12.2 Å². The van der Waals surface area contributed by atoms with E-state index in [1.54, 1.807) is 25.1 Å². The molecule has 0 amide bonds. The van der Waals surface area contributed by atoms with E-state index in [2.05, 4.69) is 6.92 Å². The number of carbonyl (C=O) groups is 1. The molecule has 10 heteroatoms. The van der Waals surface area contributed by atoms with Crippen LogP contribution in [0, 0.1) is 34.4 Å². The molecule has 0 spiro atoms. The van der Waals surface area contributed by atoms with Crippen LogP contribution in [0.1, 0.15) is 83.6 Å². The Bertz CT molecular complexity index is 1390. The van der Waals surface area contributed by atoms with Crippen LogP contribution < -0.4 is 0 Å². The van der Waals surface area contributed by atoms with Crippen LogP contribution in [-0.4, -0.2) is 87.7 Å². The topological polar surface area (TPSA) is 138 Å². The first-order valence-electron chi connectivity index (χ1n) is 17.6. The molecular formula is C37H50FNO8. The van der Waals surface area contributed by atoms with Gasteiger partial charge in [0.15, 0.2) is 6.29 Å². The highest BCUT2D eigenvalue weighted by atomic mass is 19.1. The molecule has 4 saturated carbocycles. The molecule has 0 radical (unpaired) electrons. The van der Waals surface area contributed by atoms with Crippen molar-refractivity contribution in [2.45, 2.75) is 126 Å². The van der Waals surface area contributed by atoms with Gasteiger partial charge in [-0.25, -0.2) is 9.18 Å². The second-order valence-corrected chi connectivity index (χ2v) is 15.6. The summed E-state index contributed by atoms with van der Waals surface area (Å²) >= 11 is 0. The Kier molecular flexibility index (Phi) is 8.70. The maximum atomic E-state index is 13.5. The first-order valence-corrected chi connectivity index (χ1v) is 17.6. The van der Waals surface area contributed by atoms with Gasteiger partial charge in [0.1, 0.15) is 18.5 Å². The molecule has 47 heavy (non-hydrogen) atoms. The third-order valence-corrected chi connectivity index (χ3v) is 13.4. The number of benzene rings is 1. The summed E-state index contributed by atoms with van der Waals surface area (Å²) in [6, 6.07) is 6.46. The number of cyclic esters (lactones) is 1. The van der Waals surface area contributed by atoms with Gasteiger partial charge in [0.05, 0.1) is 29.5 Å². The van der Waals surface area contributed by atoms with Crippen LogP contribution in [0.3, 0.4) is 0 Å². The largest absolute Gasteiger partial charge is 0.458 e. The smallest absolute Gasteiger partial charge is 0.331 e. The number of aliphatic hydroxyl groups excluding tert-OH is 2. The van der Waals surface area contributed by atoms with Crippen molar-refractivity contribution in [1.82, 2.24) is 0 Å². The van der Waals surface area contributed by atoms with Gasteiger partial charge in [-0.3, -0.25) is 4.99 Å². The molecule has 0 bridgehead atoms. The summed E-state index contributed by atoms with van der Waals surface area (Å²) in [6.45, 7) is 4.71. The molecule has 7 rings (SSSR count). The van der Waals surface area contributed by atoms with Gasteiger partial charge in [-0.2, -0.15) is 0 Å². The van der Waals surface area contributed by atoms with Gasteiger partial charge in [-0.1, -0.05) is 19.1 Å². The van der Waals surface area contributed by atoms with Crippen LogP contribution >= 0.6 is 0 Å². The van der Waals surface area contributed by atoms with E-state index in [-0.39, 0.29) is 42.1 Å². The molecule has 1 aromatic rings. The summed E-state index contributed by atoms with van der Waals surface area (Å²) in [5, 5.41) is 46.0. The third-order valence-electron chi connectivity index (χ3n) is 13.4. The van der Waals surface area contributed by atoms with Gasteiger partial charge in [0.2, 0.25) is 0 Å². The van der Waals surface area contributed by atoms with E-state index < -0.39 is 46.6 Å². The first kappa shape index (κ1) is 33.3. The van der Waals surface area contributed by atoms with Crippen LogP contribution in [0.15, 0.2) is 40.9 Å². The second-order valence-electron chi connectivity index (χ2n) is 15.6. The standard InChI is InChI=1S/C37H50FNO8/c1-22-33(42)30(40)18-32(46-22)47-26-7-13-35(21-39-16-11-23-3-5-25(38)6-4-23)28-8-12-34(2)27(24-17-31(41)45-20-24)10-15-37(34,44)29(28)9-14-36(35,43)19-26/h3-6,17,21-22,26-30,32-33,40,42-44H,7-16,18-20H2,1-2H3/t22-,26-,27-,28-,29-,30-,32+,33+,34+,35-,36+,37+/m1/s1. The molecule has 0 unspecified atom stereocenters. The first-order chi connectivity index (χ1) is 22.4. The fourth-order valence-corrected chi connectivity index (χ4v) is 10.9. The number of carbonyl (C=O) groups excluding carboxylic acids is 1. The van der Waals surface area contributed by atoms with Crippen LogP contribution in [-0.2, 0) is 25.4 Å². The maximum absolute atomic E-state index is 13.5. The van der Waals surface area contributed by atoms with E-state index in [1.165, 1.54) is 12.1 Å². The molecule has 0 aromatic heterocycles. The molecule has 2 heterocycles. The average molecular weight is 656 g/mol. The van der Waals surface area contributed by atoms with Crippen molar-refractivity contribution in [3.8, 4) is 0 Å². The van der Waals surface area contributed by atoms with Crippen LogP contribution in [0.2, 0.25) is 0 Å². The number of aliphatic hydroxyl groups is 4. The van der Waals surface area contributed by atoms with Gasteiger partial charge in [0, 0.05) is 42.5 Å². The SMILES string of the molecule is C[C@H]1O[C@@H](O[C@@H]2CC[C@@]3(C=NCCc4ccc(F)cc4)[C@@H]4CC[C@@]5(C)[C@@H](C6=CC(=O)OC6)CC[C@]5(O)[C@@H]4CC[C@]3(O)C2)C[C@@H](O)[C@H]1O. The van der Waals surface area contributed by atoms with E-state index in [0.29, 0.717) is 58.1 Å². The Morgan fingerprint density at radius 3 is 2.53 bits per heavy atom. The molecule has 4 N–H and O–H groups in total. The number of esters is 1. The molecule has 2 aliphatic heterocycles. The summed E-state index contributed by atoms with van der Waals surface area (Å²) in [5.41, 5.74) is -1.15. The van der Waals surface area contributed by atoms with E-state index in [9.17, 15) is 29.6 Å². The number of ether oxygens (including phenoxy) is 3. The van der Waals surface area contributed by atoms with Crippen molar-refractivity contribution in [1.29, 1.82) is 0 Å². The van der Waals surface area contributed by atoms with Crippen LogP contribution in [0.4, 0.5) is 4.39 Å². The molecule has 1 aromatic carbocycles. The minimum absolute atomic E-state index is 0.00644. The molecule has 5 fully saturated rings. The lowest BCUT2D eigenvalue weighted by Gasteiger charge is -2.66. The molecular weight excluding hydrogens is 605 g/mol. The van der Waals surface area contributed by atoms with Gasteiger partial charge in [-0.05, 0) is 106 Å². The third kappa shape index (κ3) is 5.51. The maximum Gasteiger partial charge on any atom is 0.331 e. The monoisotopic (exact) mass is 655 g/mol. The van der Waals surface area contributed by atoms with Gasteiger partial charge in [-0.15, -0.1) is 0 Å². The summed E-state index contributed by atoms with van der Waals surface area (Å²) in [7, 11) is 0. The van der Waals surface area contributed by atoms with Crippen molar-refractivity contribution < 1.29 is 43.8 Å². The van der Waals surface area contributed by atoms with Crippen molar-refractivity contribution in [2.75, 3.05) is 13.2 Å². The van der Waals surface area contributed by atoms with E-state index in [4.69, 9.17) is 19.2 Å². The number of rotatable bonds is 7. The number of aliphatic imine (C=N–C) groups is 1. The Balaban J connectivity index is 1.15. The number of halogens is 1. The van der Waals surface area contributed by atoms with Gasteiger partial charge >= 0.3 is 5.97 Å². The van der Waals surface area contributed by atoms with Crippen LogP contribution in [0.25, 0.3) is 0 Å². The normalized spacial score (nSPS) is 46.4. The summed E-state index contributed by atoms with van der Waals surface area (Å²) in [6.07, 6.45) is 6.93. The van der Waals surface area contributed by atoms with Crippen molar-refractivity contribution in [3.05, 3.63) is 47.3 Å². The Morgan fingerprint density at radius 2 is 1.81 bits per heavy atom. The van der Waals surface area contributed by atoms with E-state index >= 15 is 0 Å². The summed E-state index contributed by atoms with van der Waals surface area (Å²) in [5.74, 6) is -0.523. The van der Waals surface area contributed by atoms with E-state index in [1.807, 2.05) is 6.21 Å². The minimum atomic E-state index is -1.12. The fraction of sp³-hybridized carbons (Fsp3) is 0.730. The van der Waals surface area contributed by atoms with Crippen molar-refractivity contribution in [2.24, 2.45) is 33.6 Å². The Labute approximate surface area is 276 Å². The Hall–Kier alpha value is -2.21. The highest BCUT2D eigenvalue weighted by molar-refractivity contribution is 5.85. The zero-order chi connectivity index (χ0) is 33.2. The lowest BCUT2D eigenvalue weighted by molar-refractivity contribution is -0.282. The molecule has 6 aliphatic rings. The van der Waals surface area contributed by atoms with Crippen molar-refractivity contribution in [3.63, 3.8) is 0 Å². The Morgan fingerprint density at radius 1 is 1.04 bits per heavy atom. The number of hydrogen-bond donors (Lipinski definition) is 4. The second kappa shape index (κ2) is 12.3.